The van der Waals surface area contributed by atoms with Crippen molar-refractivity contribution in [2.45, 2.75) is 13.8 Å². The maximum absolute atomic E-state index is 5.90. The van der Waals surface area contributed by atoms with E-state index in [1.165, 1.54) is 11.1 Å². The van der Waals surface area contributed by atoms with E-state index in [4.69, 9.17) is 10.5 Å². The Hall–Kier alpha value is -2.81. The first-order chi connectivity index (χ1) is 10.6. The molecule has 0 radical (unpaired) electrons. The SMILES string of the molecule is Cc1ccc(Oc2ccc(-c3cccnc3N)cc2)cc1C. The minimum absolute atomic E-state index is 0.533. The molecule has 0 spiro atoms. The molecule has 3 heteroatoms. The first kappa shape index (κ1) is 14.1. The standard InChI is InChI=1S/C19H18N2O/c1-13-5-8-17(12-14(13)2)22-16-9-6-15(7-10-16)18-4-3-11-21-19(18)20/h3-12H,1-2H3,(H2,20,21). The van der Waals surface area contributed by atoms with Gasteiger partial charge >= 0.3 is 0 Å². The van der Waals surface area contributed by atoms with Crippen molar-refractivity contribution in [3.8, 4) is 22.6 Å². The van der Waals surface area contributed by atoms with Gasteiger partial charge in [-0.15, -0.1) is 0 Å². The van der Waals surface area contributed by atoms with Gasteiger partial charge in [-0.1, -0.05) is 18.2 Å². The summed E-state index contributed by atoms with van der Waals surface area (Å²) in [5, 5.41) is 0. The fourth-order valence-electron chi connectivity index (χ4n) is 2.28. The zero-order valence-electron chi connectivity index (χ0n) is 12.7. The fraction of sp³-hybridized carbons (Fsp3) is 0.105. The van der Waals surface area contributed by atoms with Crippen LogP contribution in [0.2, 0.25) is 0 Å². The van der Waals surface area contributed by atoms with Crippen LogP contribution in [0.1, 0.15) is 11.1 Å². The molecule has 1 heterocycles. The maximum Gasteiger partial charge on any atom is 0.131 e. The van der Waals surface area contributed by atoms with Gasteiger partial charge in [0.2, 0.25) is 0 Å². The number of aromatic nitrogens is 1. The van der Waals surface area contributed by atoms with Crippen LogP contribution in [0.15, 0.2) is 60.8 Å². The highest BCUT2D eigenvalue weighted by Gasteiger charge is 2.04. The van der Waals surface area contributed by atoms with Gasteiger partial charge in [0.25, 0.3) is 0 Å². The minimum atomic E-state index is 0.533. The lowest BCUT2D eigenvalue weighted by molar-refractivity contribution is 0.482. The Morgan fingerprint density at radius 3 is 2.27 bits per heavy atom. The van der Waals surface area contributed by atoms with Gasteiger partial charge in [0.05, 0.1) is 0 Å². The molecule has 22 heavy (non-hydrogen) atoms. The minimum Gasteiger partial charge on any atom is -0.457 e. The fourth-order valence-corrected chi connectivity index (χ4v) is 2.28. The van der Waals surface area contributed by atoms with Gasteiger partial charge in [0.1, 0.15) is 17.3 Å². The largest absolute Gasteiger partial charge is 0.457 e. The number of pyridine rings is 1. The van der Waals surface area contributed by atoms with E-state index in [9.17, 15) is 0 Å². The summed E-state index contributed by atoms with van der Waals surface area (Å²) in [6.07, 6.45) is 1.69. The molecule has 0 fully saturated rings. The van der Waals surface area contributed by atoms with E-state index in [1.54, 1.807) is 6.20 Å². The molecule has 3 nitrogen and oxygen atoms in total. The van der Waals surface area contributed by atoms with Crippen molar-refractivity contribution in [1.82, 2.24) is 4.98 Å². The van der Waals surface area contributed by atoms with E-state index >= 15 is 0 Å². The molecule has 3 aromatic rings. The predicted octanol–water partition coefficient (Wildman–Crippen LogP) is 4.74. The molecule has 0 aliphatic heterocycles. The number of hydrogen-bond acceptors (Lipinski definition) is 3. The molecule has 0 atom stereocenters. The second-order valence-electron chi connectivity index (χ2n) is 5.31. The summed E-state index contributed by atoms with van der Waals surface area (Å²) in [6, 6.07) is 17.8. The van der Waals surface area contributed by atoms with Crippen LogP contribution in [0.3, 0.4) is 0 Å². The normalized spacial score (nSPS) is 10.5. The summed E-state index contributed by atoms with van der Waals surface area (Å²) in [4.78, 5) is 4.11. The number of benzene rings is 2. The monoisotopic (exact) mass is 290 g/mol. The lowest BCUT2D eigenvalue weighted by Gasteiger charge is -2.09. The van der Waals surface area contributed by atoms with Crippen LogP contribution in [0, 0.1) is 13.8 Å². The first-order valence-corrected chi connectivity index (χ1v) is 7.19. The molecular formula is C19H18N2O. The van der Waals surface area contributed by atoms with E-state index in [-0.39, 0.29) is 0 Å². The van der Waals surface area contributed by atoms with Crippen molar-refractivity contribution in [1.29, 1.82) is 0 Å². The molecule has 0 saturated heterocycles. The Balaban J connectivity index is 1.82. The molecule has 0 amide bonds. The second-order valence-corrected chi connectivity index (χ2v) is 5.31. The molecule has 2 N–H and O–H groups in total. The van der Waals surface area contributed by atoms with Crippen molar-refractivity contribution in [2.24, 2.45) is 0 Å². The van der Waals surface area contributed by atoms with Crippen molar-refractivity contribution in [3.05, 3.63) is 71.9 Å². The van der Waals surface area contributed by atoms with Crippen molar-refractivity contribution < 1.29 is 4.74 Å². The Bertz CT molecular complexity index is 795. The van der Waals surface area contributed by atoms with Gasteiger partial charge in [-0.05, 0) is 66.9 Å². The summed E-state index contributed by atoms with van der Waals surface area (Å²) < 4.78 is 5.89. The number of rotatable bonds is 3. The summed E-state index contributed by atoms with van der Waals surface area (Å²) in [7, 11) is 0. The summed E-state index contributed by atoms with van der Waals surface area (Å²) in [5.74, 6) is 2.18. The molecule has 0 saturated carbocycles. The summed E-state index contributed by atoms with van der Waals surface area (Å²) >= 11 is 0. The van der Waals surface area contributed by atoms with E-state index in [1.807, 2.05) is 48.5 Å². The second kappa shape index (κ2) is 5.90. The van der Waals surface area contributed by atoms with Gasteiger partial charge in [-0.2, -0.15) is 0 Å². The summed E-state index contributed by atoms with van der Waals surface area (Å²) in [5.41, 5.74) is 10.3. The quantitative estimate of drug-likeness (QED) is 0.758. The highest BCUT2D eigenvalue weighted by Crippen LogP contribution is 2.28. The van der Waals surface area contributed by atoms with Gasteiger partial charge in [0.15, 0.2) is 0 Å². The number of nitrogens with zero attached hydrogens (tertiary/aromatic N) is 1. The van der Waals surface area contributed by atoms with Crippen LogP contribution in [0.4, 0.5) is 5.82 Å². The maximum atomic E-state index is 5.90. The highest BCUT2D eigenvalue weighted by atomic mass is 16.5. The number of ether oxygens (including phenoxy) is 1. The zero-order chi connectivity index (χ0) is 15.5. The van der Waals surface area contributed by atoms with E-state index in [0.717, 1.165) is 22.6 Å². The summed E-state index contributed by atoms with van der Waals surface area (Å²) in [6.45, 7) is 4.17. The number of anilines is 1. The Morgan fingerprint density at radius 2 is 1.59 bits per heavy atom. The van der Waals surface area contributed by atoms with Crippen molar-refractivity contribution in [3.63, 3.8) is 0 Å². The van der Waals surface area contributed by atoms with Crippen LogP contribution in [0.5, 0.6) is 11.5 Å². The number of nitrogens with two attached hydrogens (primary N) is 1. The molecule has 0 unspecified atom stereocenters. The number of hydrogen-bond donors (Lipinski definition) is 1. The van der Waals surface area contributed by atoms with Crippen LogP contribution < -0.4 is 10.5 Å². The Labute approximate surface area is 130 Å². The van der Waals surface area contributed by atoms with Crippen LogP contribution in [-0.4, -0.2) is 4.98 Å². The van der Waals surface area contributed by atoms with E-state index in [2.05, 4.69) is 24.9 Å². The Kier molecular flexibility index (Phi) is 3.79. The number of nitrogen functional groups attached to an aromatic ring is 1. The molecular weight excluding hydrogens is 272 g/mol. The third-order valence-corrected chi connectivity index (χ3v) is 3.72. The molecule has 110 valence electrons. The van der Waals surface area contributed by atoms with Crippen molar-refractivity contribution >= 4 is 5.82 Å². The molecule has 0 bridgehead atoms. The number of aryl methyl sites for hydroxylation is 2. The van der Waals surface area contributed by atoms with Gasteiger partial charge in [-0.25, -0.2) is 4.98 Å². The van der Waals surface area contributed by atoms with Crippen LogP contribution in [-0.2, 0) is 0 Å². The predicted molar refractivity (Wildman–Crippen MR) is 90.1 cm³/mol. The third kappa shape index (κ3) is 2.93. The lowest BCUT2D eigenvalue weighted by Crippen LogP contribution is -1.93. The molecule has 0 aliphatic rings. The topological polar surface area (TPSA) is 48.1 Å². The average Bonchev–Trinajstić information content (AvgIpc) is 2.52. The smallest absolute Gasteiger partial charge is 0.131 e. The molecule has 0 aliphatic carbocycles. The van der Waals surface area contributed by atoms with Crippen LogP contribution >= 0.6 is 0 Å². The van der Waals surface area contributed by atoms with E-state index in [0.29, 0.717) is 5.82 Å². The third-order valence-electron chi connectivity index (χ3n) is 3.72. The van der Waals surface area contributed by atoms with Crippen LogP contribution in [0.25, 0.3) is 11.1 Å². The van der Waals surface area contributed by atoms with Gasteiger partial charge in [0, 0.05) is 11.8 Å². The van der Waals surface area contributed by atoms with E-state index < -0.39 is 0 Å². The Morgan fingerprint density at radius 1 is 0.864 bits per heavy atom. The lowest BCUT2D eigenvalue weighted by atomic mass is 10.1. The first-order valence-electron chi connectivity index (χ1n) is 7.19. The zero-order valence-corrected chi connectivity index (χ0v) is 12.7. The van der Waals surface area contributed by atoms with Gasteiger partial charge in [-0.3, -0.25) is 0 Å². The van der Waals surface area contributed by atoms with Crippen molar-refractivity contribution in [2.75, 3.05) is 5.73 Å². The molecule has 3 rings (SSSR count). The highest BCUT2D eigenvalue weighted by molar-refractivity contribution is 5.73. The van der Waals surface area contributed by atoms with Gasteiger partial charge < -0.3 is 10.5 Å². The molecule has 1 aromatic heterocycles. The average molecular weight is 290 g/mol. The molecule has 2 aromatic carbocycles.